The molecular formula is C7H10OS2. The van der Waals surface area contributed by atoms with Crippen molar-refractivity contribution in [1.82, 2.24) is 0 Å². The molecule has 0 N–H and O–H groups in total. The van der Waals surface area contributed by atoms with Crippen molar-refractivity contribution in [1.29, 1.82) is 0 Å². The Hall–Kier alpha value is -0.150. The van der Waals surface area contributed by atoms with Crippen molar-refractivity contribution in [2.24, 2.45) is 0 Å². The summed E-state index contributed by atoms with van der Waals surface area (Å²) in [5.41, 5.74) is 1.04. The van der Waals surface area contributed by atoms with Crippen molar-refractivity contribution < 1.29 is 0 Å². The molecule has 0 aromatic carbocycles. The highest BCUT2D eigenvalue weighted by Crippen LogP contribution is 2.16. The minimum Gasteiger partial charge on any atom is -0.277 e. The molecule has 1 aromatic heterocycles. The standard InChI is InChI=1S/C7H10OS2/c1-3-5-6(4-2)9-10-7(5)8/h3-4H2,1-2H3. The van der Waals surface area contributed by atoms with Crippen LogP contribution < -0.4 is 4.74 Å². The van der Waals surface area contributed by atoms with Gasteiger partial charge in [-0.05, 0) is 23.2 Å². The molecule has 0 radical (unpaired) electrons. The molecule has 1 aromatic rings. The second-order valence-electron chi connectivity index (χ2n) is 2.06. The minimum absolute atomic E-state index is 0.268. The highest BCUT2D eigenvalue weighted by Gasteiger charge is 2.05. The van der Waals surface area contributed by atoms with E-state index in [2.05, 4.69) is 6.92 Å². The first-order chi connectivity index (χ1) is 4.79. The van der Waals surface area contributed by atoms with E-state index in [4.69, 9.17) is 0 Å². The van der Waals surface area contributed by atoms with Gasteiger partial charge in [-0.25, -0.2) is 0 Å². The first-order valence-corrected chi connectivity index (χ1v) is 5.55. The van der Waals surface area contributed by atoms with Gasteiger partial charge >= 0.3 is 0 Å². The third kappa shape index (κ3) is 1.30. The molecule has 3 heteroatoms. The highest BCUT2D eigenvalue weighted by atomic mass is 32.9. The van der Waals surface area contributed by atoms with Gasteiger partial charge in [0.1, 0.15) is 0 Å². The van der Waals surface area contributed by atoms with E-state index in [0.717, 1.165) is 18.4 Å². The SMILES string of the molecule is CCc1ssc(=O)c1CC. The Morgan fingerprint density at radius 3 is 2.30 bits per heavy atom. The van der Waals surface area contributed by atoms with Gasteiger partial charge in [0.25, 0.3) is 0 Å². The predicted octanol–water partition coefficient (Wildman–Crippen LogP) is 2.29. The Morgan fingerprint density at radius 2 is 1.90 bits per heavy atom. The Bertz CT molecular complexity index is 259. The monoisotopic (exact) mass is 174 g/mol. The van der Waals surface area contributed by atoms with Crippen molar-refractivity contribution in [3.63, 3.8) is 0 Å². The first kappa shape index (κ1) is 7.95. The van der Waals surface area contributed by atoms with Crippen LogP contribution in [0, 0.1) is 0 Å². The predicted molar refractivity (Wildman–Crippen MR) is 47.2 cm³/mol. The summed E-state index contributed by atoms with van der Waals surface area (Å²) in [6, 6.07) is 0. The van der Waals surface area contributed by atoms with E-state index in [1.165, 1.54) is 15.2 Å². The van der Waals surface area contributed by atoms with Gasteiger partial charge in [0, 0.05) is 10.4 Å². The van der Waals surface area contributed by atoms with E-state index in [1.807, 2.05) is 6.92 Å². The summed E-state index contributed by atoms with van der Waals surface area (Å²) in [5.74, 6) is 0. The van der Waals surface area contributed by atoms with Crippen LogP contribution in [0.2, 0.25) is 0 Å². The second kappa shape index (κ2) is 3.30. The van der Waals surface area contributed by atoms with E-state index in [-0.39, 0.29) is 4.74 Å². The summed E-state index contributed by atoms with van der Waals surface area (Å²) in [5, 5.41) is 0. The zero-order chi connectivity index (χ0) is 7.56. The fourth-order valence-electron chi connectivity index (χ4n) is 0.916. The zero-order valence-electron chi connectivity index (χ0n) is 6.14. The molecule has 10 heavy (non-hydrogen) atoms. The van der Waals surface area contributed by atoms with E-state index in [0.29, 0.717) is 0 Å². The summed E-state index contributed by atoms with van der Waals surface area (Å²) in [4.78, 5) is 12.3. The Balaban J connectivity index is 3.13. The molecule has 1 rings (SSSR count). The zero-order valence-corrected chi connectivity index (χ0v) is 7.77. The lowest BCUT2D eigenvalue weighted by Crippen LogP contribution is -1.99. The van der Waals surface area contributed by atoms with E-state index >= 15 is 0 Å². The summed E-state index contributed by atoms with van der Waals surface area (Å²) in [6.07, 6.45) is 1.90. The molecule has 0 unspecified atom stereocenters. The van der Waals surface area contributed by atoms with Crippen LogP contribution in [0.15, 0.2) is 4.79 Å². The molecule has 1 nitrogen and oxygen atoms in total. The molecule has 0 aliphatic heterocycles. The third-order valence-electron chi connectivity index (χ3n) is 1.48. The first-order valence-electron chi connectivity index (χ1n) is 3.40. The molecule has 1 heterocycles. The van der Waals surface area contributed by atoms with Crippen molar-refractivity contribution in [3.05, 3.63) is 20.0 Å². The quantitative estimate of drug-likeness (QED) is 0.629. The molecule has 0 aliphatic carbocycles. The van der Waals surface area contributed by atoms with Gasteiger partial charge < -0.3 is 0 Å². The number of hydrogen-bond acceptors (Lipinski definition) is 3. The van der Waals surface area contributed by atoms with E-state index in [1.54, 1.807) is 10.3 Å². The maximum Gasteiger partial charge on any atom is 0.246 e. The Labute approximate surface area is 67.7 Å². The summed E-state index contributed by atoms with van der Waals surface area (Å²) in [7, 11) is 3.00. The average Bonchev–Trinajstić information content (AvgIpc) is 2.30. The van der Waals surface area contributed by atoms with Gasteiger partial charge in [-0.1, -0.05) is 24.2 Å². The smallest absolute Gasteiger partial charge is 0.246 e. The van der Waals surface area contributed by atoms with Crippen LogP contribution in [0.1, 0.15) is 24.3 Å². The number of hydrogen-bond donors (Lipinski definition) is 0. The van der Waals surface area contributed by atoms with Crippen LogP contribution in [0.5, 0.6) is 0 Å². The fraction of sp³-hybridized carbons (Fsp3) is 0.571. The van der Waals surface area contributed by atoms with Gasteiger partial charge in [0.2, 0.25) is 4.74 Å². The molecule has 0 amide bonds. The van der Waals surface area contributed by atoms with Crippen LogP contribution in [0.4, 0.5) is 0 Å². The van der Waals surface area contributed by atoms with Gasteiger partial charge in [-0.15, -0.1) is 0 Å². The second-order valence-corrected chi connectivity index (χ2v) is 4.26. The van der Waals surface area contributed by atoms with Crippen LogP contribution >= 0.6 is 20.7 Å². The maximum absolute atomic E-state index is 11.1. The highest BCUT2D eigenvalue weighted by molar-refractivity contribution is 7.68. The van der Waals surface area contributed by atoms with Gasteiger partial charge in [0.05, 0.1) is 0 Å². The topological polar surface area (TPSA) is 17.1 Å². The lowest BCUT2D eigenvalue weighted by Gasteiger charge is -1.90. The molecule has 0 saturated heterocycles. The van der Waals surface area contributed by atoms with Gasteiger partial charge in [-0.2, -0.15) is 0 Å². The third-order valence-corrected chi connectivity index (χ3v) is 4.00. The van der Waals surface area contributed by atoms with Crippen molar-refractivity contribution in [3.8, 4) is 0 Å². The van der Waals surface area contributed by atoms with Crippen molar-refractivity contribution in [2.45, 2.75) is 26.7 Å². The van der Waals surface area contributed by atoms with E-state index < -0.39 is 0 Å². The van der Waals surface area contributed by atoms with Crippen LogP contribution in [0.3, 0.4) is 0 Å². The molecule has 0 fully saturated rings. The maximum atomic E-state index is 11.1. The molecule has 0 spiro atoms. The minimum atomic E-state index is 0.268. The molecule has 0 bridgehead atoms. The fourth-order valence-corrected chi connectivity index (χ4v) is 3.47. The molecule has 0 aliphatic rings. The molecule has 0 saturated carbocycles. The molecule has 56 valence electrons. The molecule has 0 atom stereocenters. The largest absolute Gasteiger partial charge is 0.277 e. The van der Waals surface area contributed by atoms with E-state index in [9.17, 15) is 4.79 Å². The average molecular weight is 174 g/mol. The lowest BCUT2D eigenvalue weighted by molar-refractivity contribution is 1.06. The summed E-state index contributed by atoms with van der Waals surface area (Å²) >= 11 is 0. The van der Waals surface area contributed by atoms with Crippen LogP contribution in [-0.4, -0.2) is 0 Å². The Kier molecular flexibility index (Phi) is 2.63. The summed E-state index contributed by atoms with van der Waals surface area (Å²) < 4.78 is 0.268. The summed E-state index contributed by atoms with van der Waals surface area (Å²) in [6.45, 7) is 4.13. The van der Waals surface area contributed by atoms with Crippen LogP contribution in [0.25, 0.3) is 0 Å². The van der Waals surface area contributed by atoms with Gasteiger partial charge in [-0.3, -0.25) is 4.79 Å². The number of rotatable bonds is 2. The lowest BCUT2D eigenvalue weighted by atomic mass is 10.2. The Morgan fingerprint density at radius 1 is 1.20 bits per heavy atom. The number of aryl methyl sites for hydroxylation is 1. The van der Waals surface area contributed by atoms with Gasteiger partial charge in [0.15, 0.2) is 0 Å². The van der Waals surface area contributed by atoms with Crippen LogP contribution in [-0.2, 0) is 12.8 Å². The normalized spacial score (nSPS) is 10.2. The van der Waals surface area contributed by atoms with Crippen molar-refractivity contribution >= 4 is 20.7 Å². The van der Waals surface area contributed by atoms with Crippen molar-refractivity contribution in [2.75, 3.05) is 0 Å². The molecular weight excluding hydrogens is 164 g/mol.